The summed E-state index contributed by atoms with van der Waals surface area (Å²) in [5.74, 6) is -0.195. The number of benzene rings is 3. The van der Waals surface area contributed by atoms with Gasteiger partial charge in [0.15, 0.2) is 5.78 Å². The number of aromatic nitrogens is 1. The average molecular weight is 398 g/mol. The normalized spacial score (nSPS) is 10.8. The Bertz CT molecular complexity index is 1230. The molecule has 0 fully saturated rings. The molecule has 4 aromatic rings. The molecule has 4 rings (SSSR count). The van der Waals surface area contributed by atoms with E-state index >= 15 is 0 Å². The Morgan fingerprint density at radius 3 is 2.43 bits per heavy atom. The van der Waals surface area contributed by atoms with Gasteiger partial charge in [-0.05, 0) is 60.5 Å². The minimum Gasteiger partial charge on any atom is -0.399 e. The first-order chi connectivity index (χ1) is 14.5. The van der Waals surface area contributed by atoms with Gasteiger partial charge in [-0.3, -0.25) is 9.59 Å². The molecule has 150 valence electrons. The molecule has 0 spiro atoms. The minimum absolute atomic E-state index is 0.0335. The second kappa shape index (κ2) is 8.13. The number of nitrogen functional groups attached to an aromatic ring is 2. The molecule has 0 saturated heterocycles. The summed E-state index contributed by atoms with van der Waals surface area (Å²) >= 11 is 0. The maximum absolute atomic E-state index is 12.5. The van der Waals surface area contributed by atoms with E-state index in [1.807, 2.05) is 42.5 Å². The molecule has 0 aliphatic rings. The van der Waals surface area contributed by atoms with Crippen molar-refractivity contribution in [3.63, 3.8) is 0 Å². The van der Waals surface area contributed by atoms with Gasteiger partial charge in [0.05, 0.1) is 17.1 Å². The van der Waals surface area contributed by atoms with Gasteiger partial charge in [-0.2, -0.15) is 0 Å². The fourth-order valence-corrected chi connectivity index (χ4v) is 3.32. The Morgan fingerprint density at radius 1 is 0.900 bits per heavy atom. The van der Waals surface area contributed by atoms with E-state index in [0.717, 1.165) is 16.5 Å². The van der Waals surface area contributed by atoms with Crippen molar-refractivity contribution in [1.82, 2.24) is 4.98 Å². The molecule has 0 unspecified atom stereocenters. The molecule has 6 nitrogen and oxygen atoms in total. The first-order valence-corrected chi connectivity index (χ1v) is 9.66. The number of nitrogens with two attached hydrogens (primary N) is 2. The van der Waals surface area contributed by atoms with Crippen LogP contribution < -0.4 is 16.8 Å². The Hall–Kier alpha value is -4.06. The first kappa shape index (κ1) is 19.3. The number of nitrogens with one attached hydrogen (secondary N) is 2. The summed E-state index contributed by atoms with van der Waals surface area (Å²) in [6.45, 7) is 0. The van der Waals surface area contributed by atoms with Crippen molar-refractivity contribution in [2.45, 2.75) is 12.8 Å². The van der Waals surface area contributed by atoms with Crippen LogP contribution in [0.5, 0.6) is 0 Å². The largest absolute Gasteiger partial charge is 0.399 e. The number of hydrogen-bond donors (Lipinski definition) is 4. The predicted molar refractivity (Wildman–Crippen MR) is 121 cm³/mol. The molecule has 1 heterocycles. The number of aryl methyl sites for hydroxylation is 1. The zero-order chi connectivity index (χ0) is 21.1. The lowest BCUT2D eigenvalue weighted by Gasteiger charge is -2.08. The number of amides is 1. The van der Waals surface area contributed by atoms with Crippen LogP contribution >= 0.6 is 0 Å². The van der Waals surface area contributed by atoms with Gasteiger partial charge in [-0.25, -0.2) is 0 Å². The summed E-state index contributed by atoms with van der Waals surface area (Å²) in [5.41, 5.74) is 16.4. The monoisotopic (exact) mass is 398 g/mol. The first-order valence-electron chi connectivity index (χ1n) is 9.66. The van der Waals surface area contributed by atoms with Gasteiger partial charge in [-0.15, -0.1) is 0 Å². The van der Waals surface area contributed by atoms with Crippen molar-refractivity contribution < 1.29 is 9.59 Å². The van der Waals surface area contributed by atoms with Crippen LogP contribution in [0.25, 0.3) is 10.9 Å². The van der Waals surface area contributed by atoms with Gasteiger partial charge in [-0.1, -0.05) is 24.3 Å². The number of rotatable bonds is 6. The number of fused-ring (bicyclic) bond motifs is 1. The molecule has 0 radical (unpaired) electrons. The van der Waals surface area contributed by atoms with Crippen LogP contribution in [0, 0.1) is 0 Å². The van der Waals surface area contributed by atoms with Crippen LogP contribution in [0.2, 0.25) is 0 Å². The van der Waals surface area contributed by atoms with E-state index in [-0.39, 0.29) is 11.7 Å². The van der Waals surface area contributed by atoms with Crippen molar-refractivity contribution in [2.24, 2.45) is 0 Å². The Morgan fingerprint density at radius 2 is 1.67 bits per heavy atom. The van der Waals surface area contributed by atoms with Gasteiger partial charge < -0.3 is 21.8 Å². The predicted octanol–water partition coefficient (Wildman–Crippen LogP) is 4.40. The highest BCUT2D eigenvalue weighted by molar-refractivity contribution is 6.05. The third-order valence-electron chi connectivity index (χ3n) is 5.01. The quantitative estimate of drug-likeness (QED) is 0.285. The number of carbonyl (C=O) groups excluding carboxylic acids is 2. The maximum Gasteiger partial charge on any atom is 0.255 e. The molecule has 0 atom stereocenters. The van der Waals surface area contributed by atoms with Gasteiger partial charge in [0, 0.05) is 28.6 Å². The zero-order valence-corrected chi connectivity index (χ0v) is 16.3. The second-order valence-corrected chi connectivity index (χ2v) is 7.19. The zero-order valence-electron chi connectivity index (χ0n) is 16.3. The van der Waals surface area contributed by atoms with E-state index in [9.17, 15) is 9.59 Å². The summed E-state index contributed by atoms with van der Waals surface area (Å²) < 4.78 is 0. The van der Waals surface area contributed by atoms with Crippen LogP contribution in [-0.2, 0) is 6.42 Å². The summed E-state index contributed by atoms with van der Waals surface area (Å²) in [7, 11) is 0. The van der Waals surface area contributed by atoms with Crippen molar-refractivity contribution >= 4 is 39.7 Å². The summed E-state index contributed by atoms with van der Waals surface area (Å²) in [4.78, 5) is 28.1. The van der Waals surface area contributed by atoms with Gasteiger partial charge in [0.2, 0.25) is 0 Å². The number of para-hydroxylation sites is 2. The lowest BCUT2D eigenvalue weighted by molar-refractivity contribution is 0.0977. The molecular weight excluding hydrogens is 376 g/mol. The third-order valence-corrected chi connectivity index (χ3v) is 5.01. The smallest absolute Gasteiger partial charge is 0.255 e. The molecule has 0 aliphatic carbocycles. The van der Waals surface area contributed by atoms with Crippen LogP contribution in [0.1, 0.15) is 32.8 Å². The van der Waals surface area contributed by atoms with Crippen LogP contribution in [0.4, 0.5) is 17.1 Å². The van der Waals surface area contributed by atoms with Gasteiger partial charge in [0.25, 0.3) is 5.91 Å². The van der Waals surface area contributed by atoms with Crippen molar-refractivity contribution in [1.29, 1.82) is 0 Å². The van der Waals surface area contributed by atoms with Crippen LogP contribution in [0.15, 0.2) is 72.8 Å². The Labute approximate surface area is 173 Å². The highest BCUT2D eigenvalue weighted by Crippen LogP contribution is 2.20. The molecule has 0 bridgehead atoms. The van der Waals surface area contributed by atoms with Crippen molar-refractivity contribution in [3.05, 3.63) is 89.6 Å². The molecule has 6 heteroatoms. The van der Waals surface area contributed by atoms with Gasteiger partial charge in [0.1, 0.15) is 0 Å². The van der Waals surface area contributed by atoms with E-state index in [1.54, 1.807) is 30.3 Å². The molecule has 3 aromatic carbocycles. The Balaban J connectivity index is 1.37. The Kier molecular flexibility index (Phi) is 5.22. The SMILES string of the molecule is Nc1ccc2[nH]c(C(=O)CCc3ccc(C(=O)Nc4ccccc4N)cc3)cc2c1. The summed E-state index contributed by atoms with van der Waals surface area (Å²) in [6.07, 6.45) is 0.957. The number of carbonyl (C=O) groups is 2. The molecule has 6 N–H and O–H groups in total. The third kappa shape index (κ3) is 4.17. The molecule has 30 heavy (non-hydrogen) atoms. The second-order valence-electron chi connectivity index (χ2n) is 7.19. The highest BCUT2D eigenvalue weighted by atomic mass is 16.1. The number of H-pyrrole nitrogens is 1. The summed E-state index contributed by atoms with van der Waals surface area (Å²) in [5, 5.41) is 3.73. The number of anilines is 3. The van der Waals surface area contributed by atoms with Crippen molar-refractivity contribution in [3.8, 4) is 0 Å². The van der Waals surface area contributed by atoms with E-state index < -0.39 is 0 Å². The van der Waals surface area contributed by atoms with Crippen LogP contribution in [-0.4, -0.2) is 16.7 Å². The number of ketones is 1. The molecule has 0 saturated carbocycles. The number of hydrogen-bond acceptors (Lipinski definition) is 4. The molecule has 1 aromatic heterocycles. The van der Waals surface area contributed by atoms with Gasteiger partial charge >= 0.3 is 0 Å². The van der Waals surface area contributed by atoms with E-state index in [4.69, 9.17) is 11.5 Å². The average Bonchev–Trinajstić information content (AvgIpc) is 3.17. The maximum atomic E-state index is 12.5. The number of aromatic amines is 1. The van der Waals surface area contributed by atoms with Crippen LogP contribution in [0.3, 0.4) is 0 Å². The summed E-state index contributed by atoms with van der Waals surface area (Å²) in [6, 6.07) is 21.7. The fraction of sp³-hybridized carbons (Fsp3) is 0.0833. The lowest BCUT2D eigenvalue weighted by atomic mass is 10.0. The van der Waals surface area contributed by atoms with E-state index in [0.29, 0.717) is 41.2 Å². The molecular formula is C24H22N4O2. The number of Topliss-reactive ketones (excluding diaryl/α,β-unsaturated/α-hetero) is 1. The lowest BCUT2D eigenvalue weighted by Crippen LogP contribution is -2.13. The highest BCUT2D eigenvalue weighted by Gasteiger charge is 2.11. The molecule has 0 aliphatic heterocycles. The molecule has 1 amide bonds. The van der Waals surface area contributed by atoms with Crippen molar-refractivity contribution in [2.75, 3.05) is 16.8 Å². The minimum atomic E-state index is -0.229. The topological polar surface area (TPSA) is 114 Å². The van der Waals surface area contributed by atoms with E-state index in [1.165, 1.54) is 0 Å². The van der Waals surface area contributed by atoms with E-state index in [2.05, 4.69) is 10.3 Å². The fourth-order valence-electron chi connectivity index (χ4n) is 3.32. The standard InChI is InChI=1S/C24H22N4O2/c25-18-10-11-20-17(13-18)14-22(27-20)23(29)12-7-15-5-8-16(9-6-15)24(30)28-21-4-2-1-3-19(21)26/h1-6,8-11,13-14,27H,7,12,25-26H2,(H,28,30).